The van der Waals surface area contributed by atoms with Gasteiger partial charge in [-0.3, -0.25) is 0 Å². The zero-order chi connectivity index (χ0) is 12.7. The molecule has 1 N–H and O–H groups in total. The van der Waals surface area contributed by atoms with E-state index in [1.165, 1.54) is 0 Å². The summed E-state index contributed by atoms with van der Waals surface area (Å²) in [5.41, 5.74) is -0.349. The van der Waals surface area contributed by atoms with E-state index in [1.54, 1.807) is 0 Å². The Morgan fingerprint density at radius 2 is 2.00 bits per heavy atom. The minimum absolute atomic E-state index is 0.349. The Bertz CT molecular complexity index is 204. The van der Waals surface area contributed by atoms with Crippen molar-refractivity contribution in [2.75, 3.05) is 19.7 Å². The van der Waals surface area contributed by atoms with E-state index in [9.17, 15) is 8.78 Å². The van der Waals surface area contributed by atoms with E-state index in [-0.39, 0.29) is 5.60 Å². The molecule has 1 aliphatic carbocycles. The lowest BCUT2D eigenvalue weighted by Crippen LogP contribution is -2.46. The predicted octanol–water partition coefficient (Wildman–Crippen LogP) is 3.22. The van der Waals surface area contributed by atoms with Gasteiger partial charge in [-0.2, -0.15) is 0 Å². The van der Waals surface area contributed by atoms with Crippen LogP contribution in [0.2, 0.25) is 0 Å². The van der Waals surface area contributed by atoms with Crippen molar-refractivity contribution in [2.24, 2.45) is 5.92 Å². The molecule has 1 rings (SSSR count). The number of halogens is 2. The van der Waals surface area contributed by atoms with Crippen molar-refractivity contribution in [1.29, 1.82) is 0 Å². The highest BCUT2D eigenvalue weighted by molar-refractivity contribution is 4.88. The molecule has 0 saturated heterocycles. The summed E-state index contributed by atoms with van der Waals surface area (Å²) < 4.78 is 30.1. The first-order chi connectivity index (χ1) is 8.08. The van der Waals surface area contributed by atoms with E-state index >= 15 is 0 Å². The lowest BCUT2D eigenvalue weighted by Gasteiger charge is -2.39. The van der Waals surface area contributed by atoms with Crippen LogP contribution in [0.4, 0.5) is 8.78 Å². The highest BCUT2D eigenvalue weighted by atomic mass is 19.3. The molecule has 102 valence electrons. The average Bonchev–Trinajstić information content (AvgIpc) is 2.31. The Morgan fingerprint density at radius 1 is 1.35 bits per heavy atom. The number of alkyl halides is 2. The van der Waals surface area contributed by atoms with E-state index in [0.29, 0.717) is 12.5 Å². The lowest BCUT2D eigenvalue weighted by atomic mass is 9.79. The third kappa shape index (κ3) is 5.30. The Labute approximate surface area is 103 Å². The zero-order valence-electron chi connectivity index (χ0n) is 11.0. The lowest BCUT2D eigenvalue weighted by molar-refractivity contribution is -0.109. The van der Waals surface area contributed by atoms with Crippen LogP contribution in [0, 0.1) is 5.92 Å². The summed E-state index contributed by atoms with van der Waals surface area (Å²) in [5.74, 6) is 0.699. The molecular formula is C13H25F2NO. The topological polar surface area (TPSA) is 21.3 Å². The fraction of sp³-hybridized carbons (Fsp3) is 1.00. The monoisotopic (exact) mass is 249 g/mol. The van der Waals surface area contributed by atoms with Gasteiger partial charge in [-0.05, 0) is 44.6 Å². The number of ether oxygens (including phenoxy) is 1. The molecule has 0 unspecified atom stereocenters. The molecule has 0 aromatic carbocycles. The standard InChI is InChI=1S/C13H25F2NO/c1-3-8-16-10-13(17-9-12(14)15)6-4-11(2)5-7-13/h11-12,16H,3-10H2,1-2H3. The molecule has 1 saturated carbocycles. The van der Waals surface area contributed by atoms with Gasteiger partial charge in [0.05, 0.1) is 5.60 Å². The average molecular weight is 249 g/mol. The molecular weight excluding hydrogens is 224 g/mol. The van der Waals surface area contributed by atoms with E-state index in [1.807, 2.05) is 0 Å². The summed E-state index contributed by atoms with van der Waals surface area (Å²) in [7, 11) is 0. The number of nitrogens with one attached hydrogen (secondary N) is 1. The Kier molecular flexibility index (Phi) is 6.34. The van der Waals surface area contributed by atoms with E-state index < -0.39 is 13.0 Å². The van der Waals surface area contributed by atoms with Gasteiger partial charge in [0.15, 0.2) is 0 Å². The van der Waals surface area contributed by atoms with Gasteiger partial charge in [-0.1, -0.05) is 13.8 Å². The fourth-order valence-electron chi connectivity index (χ4n) is 2.39. The number of hydrogen-bond donors (Lipinski definition) is 1. The molecule has 0 heterocycles. The van der Waals surface area contributed by atoms with Crippen molar-refractivity contribution in [2.45, 2.75) is 58.0 Å². The summed E-state index contributed by atoms with van der Waals surface area (Å²) in [6.07, 6.45) is 2.65. The smallest absolute Gasteiger partial charge is 0.261 e. The minimum Gasteiger partial charge on any atom is -0.368 e. The van der Waals surface area contributed by atoms with Gasteiger partial charge in [0.1, 0.15) is 6.61 Å². The van der Waals surface area contributed by atoms with Crippen LogP contribution >= 0.6 is 0 Å². The molecule has 0 aliphatic heterocycles. The van der Waals surface area contributed by atoms with Crippen molar-refractivity contribution in [1.82, 2.24) is 5.32 Å². The van der Waals surface area contributed by atoms with Crippen molar-refractivity contribution < 1.29 is 13.5 Å². The third-order valence-electron chi connectivity index (χ3n) is 3.57. The number of rotatable bonds is 7. The van der Waals surface area contributed by atoms with Gasteiger partial charge >= 0.3 is 0 Å². The van der Waals surface area contributed by atoms with Crippen LogP contribution in [0.3, 0.4) is 0 Å². The van der Waals surface area contributed by atoms with Gasteiger partial charge < -0.3 is 10.1 Å². The molecule has 0 bridgehead atoms. The Balaban J connectivity index is 2.44. The largest absolute Gasteiger partial charge is 0.368 e. The van der Waals surface area contributed by atoms with Crippen molar-refractivity contribution in [3.8, 4) is 0 Å². The van der Waals surface area contributed by atoms with Crippen LogP contribution in [0.15, 0.2) is 0 Å². The van der Waals surface area contributed by atoms with Gasteiger partial charge in [0.25, 0.3) is 6.43 Å². The molecule has 2 nitrogen and oxygen atoms in total. The summed E-state index contributed by atoms with van der Waals surface area (Å²) in [6, 6.07) is 0. The second-order valence-corrected chi connectivity index (χ2v) is 5.24. The van der Waals surface area contributed by atoms with Crippen LogP contribution in [0.1, 0.15) is 46.0 Å². The zero-order valence-corrected chi connectivity index (χ0v) is 11.0. The number of hydrogen-bond acceptors (Lipinski definition) is 2. The third-order valence-corrected chi connectivity index (χ3v) is 3.57. The molecule has 0 radical (unpaired) electrons. The second kappa shape index (κ2) is 7.27. The maximum Gasteiger partial charge on any atom is 0.261 e. The molecule has 0 aromatic rings. The second-order valence-electron chi connectivity index (χ2n) is 5.24. The first-order valence-electron chi connectivity index (χ1n) is 6.71. The first-order valence-corrected chi connectivity index (χ1v) is 6.71. The Morgan fingerprint density at radius 3 is 2.53 bits per heavy atom. The van der Waals surface area contributed by atoms with Crippen molar-refractivity contribution in [3.05, 3.63) is 0 Å². The summed E-state index contributed by atoms with van der Waals surface area (Å²) in [6.45, 7) is 5.52. The highest BCUT2D eigenvalue weighted by Crippen LogP contribution is 2.34. The van der Waals surface area contributed by atoms with Gasteiger partial charge in [-0.15, -0.1) is 0 Å². The molecule has 4 heteroatoms. The van der Waals surface area contributed by atoms with Crippen LogP contribution in [0.25, 0.3) is 0 Å². The molecule has 0 atom stereocenters. The van der Waals surface area contributed by atoms with E-state index in [2.05, 4.69) is 19.2 Å². The predicted molar refractivity (Wildman–Crippen MR) is 65.5 cm³/mol. The summed E-state index contributed by atoms with van der Waals surface area (Å²) in [5, 5.41) is 3.31. The quantitative estimate of drug-likeness (QED) is 0.699. The van der Waals surface area contributed by atoms with E-state index in [4.69, 9.17) is 4.74 Å². The van der Waals surface area contributed by atoms with Crippen molar-refractivity contribution in [3.63, 3.8) is 0 Å². The molecule has 17 heavy (non-hydrogen) atoms. The normalized spacial score (nSPS) is 29.8. The molecule has 0 amide bonds. The molecule has 1 aliphatic rings. The van der Waals surface area contributed by atoms with Gasteiger partial charge in [0.2, 0.25) is 0 Å². The Hall–Kier alpha value is -0.220. The van der Waals surface area contributed by atoms with Crippen LogP contribution in [-0.4, -0.2) is 31.7 Å². The summed E-state index contributed by atoms with van der Waals surface area (Å²) >= 11 is 0. The summed E-state index contributed by atoms with van der Waals surface area (Å²) in [4.78, 5) is 0. The minimum atomic E-state index is -2.36. The first kappa shape index (κ1) is 14.8. The van der Waals surface area contributed by atoms with Crippen LogP contribution in [-0.2, 0) is 4.74 Å². The van der Waals surface area contributed by atoms with Crippen LogP contribution in [0.5, 0.6) is 0 Å². The van der Waals surface area contributed by atoms with Gasteiger partial charge in [-0.25, -0.2) is 8.78 Å². The molecule has 0 aromatic heterocycles. The van der Waals surface area contributed by atoms with E-state index in [0.717, 1.165) is 38.6 Å². The maximum atomic E-state index is 12.3. The van der Waals surface area contributed by atoms with Crippen LogP contribution < -0.4 is 5.32 Å². The maximum absolute atomic E-state index is 12.3. The highest BCUT2D eigenvalue weighted by Gasteiger charge is 2.35. The SMILES string of the molecule is CCCNCC1(OCC(F)F)CCC(C)CC1. The van der Waals surface area contributed by atoms with Crippen molar-refractivity contribution >= 4 is 0 Å². The molecule has 0 spiro atoms. The fourth-order valence-corrected chi connectivity index (χ4v) is 2.39. The molecule has 1 fully saturated rings. The van der Waals surface area contributed by atoms with Gasteiger partial charge in [0, 0.05) is 6.54 Å².